The molecule has 0 radical (unpaired) electrons. The Labute approximate surface area is 117 Å². The van der Waals surface area contributed by atoms with E-state index < -0.39 is 11.4 Å². The maximum absolute atomic E-state index is 11.4. The average molecular weight is 276 g/mol. The molecule has 0 fully saturated rings. The van der Waals surface area contributed by atoms with E-state index in [1.807, 2.05) is 0 Å². The molecule has 2 unspecified atom stereocenters. The van der Waals surface area contributed by atoms with Crippen LogP contribution in [0.4, 0.5) is 0 Å². The second kappa shape index (κ2) is 13.7. The summed E-state index contributed by atoms with van der Waals surface area (Å²) >= 11 is -1.12. The Bertz CT molecular complexity index is 165. The zero-order valence-corrected chi connectivity index (χ0v) is 13.3. The van der Waals surface area contributed by atoms with Crippen LogP contribution >= 0.6 is 0 Å². The fourth-order valence-electron chi connectivity index (χ4n) is 2.33. The Morgan fingerprint density at radius 2 is 1.17 bits per heavy atom. The summed E-state index contributed by atoms with van der Waals surface area (Å²) in [6, 6.07) is 0. The Morgan fingerprint density at radius 1 is 0.778 bits per heavy atom. The molecular formula is C15H33NOS. The van der Waals surface area contributed by atoms with Crippen LogP contribution in [0.2, 0.25) is 0 Å². The molecule has 0 saturated carbocycles. The monoisotopic (exact) mass is 275 g/mol. The van der Waals surface area contributed by atoms with E-state index in [2.05, 4.69) is 13.8 Å². The van der Waals surface area contributed by atoms with Crippen LogP contribution in [0, 0.1) is 0 Å². The minimum Gasteiger partial charge on any atom is -0.598 e. The van der Waals surface area contributed by atoms with Gasteiger partial charge in [0, 0.05) is 11.4 Å². The zero-order chi connectivity index (χ0) is 13.6. The van der Waals surface area contributed by atoms with Crippen molar-refractivity contribution in [2.75, 3.05) is 0 Å². The van der Waals surface area contributed by atoms with Crippen molar-refractivity contribution in [3.05, 3.63) is 0 Å². The second-order valence-corrected chi connectivity index (χ2v) is 6.68. The van der Waals surface area contributed by atoms with E-state index in [4.69, 9.17) is 5.14 Å². The molecule has 2 N–H and O–H groups in total. The van der Waals surface area contributed by atoms with E-state index in [9.17, 15) is 4.55 Å². The minimum absolute atomic E-state index is 0.243. The van der Waals surface area contributed by atoms with Crippen molar-refractivity contribution < 1.29 is 4.55 Å². The van der Waals surface area contributed by atoms with E-state index in [1.54, 1.807) is 0 Å². The third-order valence-corrected chi connectivity index (χ3v) is 4.72. The SMILES string of the molecule is CCCCCCCCCC(CCCCC)[S+](N)[O-]. The molecule has 0 aromatic heterocycles. The predicted molar refractivity (Wildman–Crippen MR) is 82.9 cm³/mol. The fraction of sp³-hybridized carbons (Fsp3) is 1.00. The van der Waals surface area contributed by atoms with Crippen LogP contribution in [0.1, 0.15) is 90.9 Å². The van der Waals surface area contributed by atoms with Gasteiger partial charge in [-0.3, -0.25) is 0 Å². The topological polar surface area (TPSA) is 49.1 Å². The maximum atomic E-state index is 11.4. The first-order valence-corrected chi connectivity index (χ1v) is 9.14. The highest BCUT2D eigenvalue weighted by molar-refractivity contribution is 7.89. The molecule has 0 saturated heterocycles. The first-order valence-electron chi connectivity index (χ1n) is 7.87. The van der Waals surface area contributed by atoms with Gasteiger partial charge in [-0.05, 0) is 25.7 Å². The van der Waals surface area contributed by atoms with E-state index in [-0.39, 0.29) is 5.25 Å². The molecule has 0 bridgehead atoms. The minimum atomic E-state index is -1.12. The van der Waals surface area contributed by atoms with Gasteiger partial charge in [-0.25, -0.2) is 0 Å². The van der Waals surface area contributed by atoms with Crippen LogP contribution in [0.15, 0.2) is 0 Å². The van der Waals surface area contributed by atoms with Gasteiger partial charge in [0.25, 0.3) is 0 Å². The Balaban J connectivity index is 3.46. The molecule has 18 heavy (non-hydrogen) atoms. The van der Waals surface area contributed by atoms with Gasteiger partial charge >= 0.3 is 0 Å². The Morgan fingerprint density at radius 3 is 1.67 bits per heavy atom. The largest absolute Gasteiger partial charge is 0.598 e. The van der Waals surface area contributed by atoms with Crippen molar-refractivity contribution in [2.24, 2.45) is 5.14 Å². The molecule has 0 aliphatic carbocycles. The number of hydrogen-bond donors (Lipinski definition) is 1. The van der Waals surface area contributed by atoms with Crippen LogP contribution < -0.4 is 5.14 Å². The smallest absolute Gasteiger partial charge is 0.135 e. The summed E-state index contributed by atoms with van der Waals surface area (Å²) in [6.07, 6.45) is 15.0. The van der Waals surface area contributed by atoms with E-state index in [0.717, 1.165) is 12.8 Å². The third-order valence-electron chi connectivity index (χ3n) is 3.59. The highest BCUT2D eigenvalue weighted by Gasteiger charge is 2.18. The quantitative estimate of drug-likeness (QED) is 0.391. The highest BCUT2D eigenvalue weighted by atomic mass is 32.2. The molecule has 0 heterocycles. The first-order chi connectivity index (χ1) is 8.72. The number of unbranched alkanes of at least 4 members (excludes halogenated alkanes) is 8. The lowest BCUT2D eigenvalue weighted by molar-refractivity contribution is 0.518. The Hall–Kier alpha value is 0.270. The second-order valence-electron chi connectivity index (χ2n) is 5.36. The molecule has 3 heteroatoms. The van der Waals surface area contributed by atoms with Crippen molar-refractivity contribution in [3.63, 3.8) is 0 Å². The third kappa shape index (κ3) is 11.4. The lowest BCUT2D eigenvalue weighted by Gasteiger charge is -2.17. The van der Waals surface area contributed by atoms with Crippen LogP contribution in [0.5, 0.6) is 0 Å². The normalized spacial score (nSPS) is 14.7. The molecule has 110 valence electrons. The van der Waals surface area contributed by atoms with E-state index in [1.165, 1.54) is 64.2 Å². The summed E-state index contributed by atoms with van der Waals surface area (Å²) < 4.78 is 11.4. The van der Waals surface area contributed by atoms with Gasteiger partial charge in [-0.1, -0.05) is 65.2 Å². The molecule has 0 aliphatic rings. The molecule has 2 atom stereocenters. The van der Waals surface area contributed by atoms with Crippen LogP contribution in [0.25, 0.3) is 0 Å². The van der Waals surface area contributed by atoms with Gasteiger partial charge in [-0.15, -0.1) is 0 Å². The summed E-state index contributed by atoms with van der Waals surface area (Å²) in [6.45, 7) is 4.45. The average Bonchev–Trinajstić information content (AvgIpc) is 2.35. The van der Waals surface area contributed by atoms with Crippen LogP contribution in [-0.4, -0.2) is 9.80 Å². The van der Waals surface area contributed by atoms with Crippen molar-refractivity contribution in [1.29, 1.82) is 0 Å². The zero-order valence-electron chi connectivity index (χ0n) is 12.5. The van der Waals surface area contributed by atoms with E-state index in [0.29, 0.717) is 0 Å². The molecule has 2 nitrogen and oxygen atoms in total. The summed E-state index contributed by atoms with van der Waals surface area (Å²) in [7, 11) is 0. The standard InChI is InChI=1S/C15H33NOS/c1-3-5-7-8-9-10-12-14-15(18(16)17)13-11-6-4-2/h15H,3-14,16H2,1-2H3. The first kappa shape index (κ1) is 18.3. The molecule has 0 aromatic carbocycles. The molecule has 0 spiro atoms. The van der Waals surface area contributed by atoms with Crippen molar-refractivity contribution in [3.8, 4) is 0 Å². The Kier molecular flexibility index (Phi) is 13.9. The lowest BCUT2D eigenvalue weighted by atomic mass is 10.0. The predicted octanol–water partition coefficient (Wildman–Crippen LogP) is 4.70. The van der Waals surface area contributed by atoms with Crippen LogP contribution in [-0.2, 0) is 11.4 Å². The van der Waals surface area contributed by atoms with Crippen molar-refractivity contribution in [2.45, 2.75) is 96.1 Å². The van der Waals surface area contributed by atoms with Gasteiger partial charge in [0.05, 0.1) is 0 Å². The maximum Gasteiger partial charge on any atom is 0.135 e. The summed E-state index contributed by atoms with van der Waals surface area (Å²) in [5.74, 6) is 0. The molecule has 0 aliphatic heterocycles. The fourth-order valence-corrected chi connectivity index (χ4v) is 3.13. The number of rotatable bonds is 13. The van der Waals surface area contributed by atoms with Gasteiger partial charge in [-0.2, -0.15) is 5.14 Å². The van der Waals surface area contributed by atoms with Crippen LogP contribution in [0.3, 0.4) is 0 Å². The number of nitrogens with two attached hydrogens (primary N) is 1. The number of hydrogen-bond acceptors (Lipinski definition) is 2. The van der Waals surface area contributed by atoms with Gasteiger partial charge in [0.2, 0.25) is 0 Å². The van der Waals surface area contributed by atoms with Crippen molar-refractivity contribution in [1.82, 2.24) is 0 Å². The summed E-state index contributed by atoms with van der Waals surface area (Å²) in [4.78, 5) is 0. The molecule has 0 amide bonds. The van der Waals surface area contributed by atoms with E-state index >= 15 is 0 Å². The highest BCUT2D eigenvalue weighted by Crippen LogP contribution is 2.17. The van der Waals surface area contributed by atoms with Gasteiger partial charge in [0.15, 0.2) is 0 Å². The molecule has 0 aromatic rings. The summed E-state index contributed by atoms with van der Waals surface area (Å²) in [5, 5.41) is 5.81. The van der Waals surface area contributed by atoms with Crippen molar-refractivity contribution >= 4 is 11.4 Å². The lowest BCUT2D eigenvalue weighted by Crippen LogP contribution is -2.28. The summed E-state index contributed by atoms with van der Waals surface area (Å²) in [5.41, 5.74) is 0. The molecule has 0 rings (SSSR count). The molecular weight excluding hydrogens is 242 g/mol. The van der Waals surface area contributed by atoms with Gasteiger partial charge < -0.3 is 4.55 Å². The van der Waals surface area contributed by atoms with Gasteiger partial charge in [0.1, 0.15) is 5.25 Å².